The summed E-state index contributed by atoms with van der Waals surface area (Å²) in [6.07, 6.45) is -0.355. The highest BCUT2D eigenvalue weighted by Crippen LogP contribution is 2.40. The van der Waals surface area contributed by atoms with Crippen molar-refractivity contribution < 1.29 is 13.9 Å². The van der Waals surface area contributed by atoms with Gasteiger partial charge in [-0.2, -0.15) is 0 Å². The Morgan fingerprint density at radius 2 is 2.08 bits per heavy atom. The normalized spacial score (nSPS) is 11.4. The van der Waals surface area contributed by atoms with Gasteiger partial charge in [0.2, 0.25) is 0 Å². The van der Waals surface area contributed by atoms with Crippen LogP contribution in [0.25, 0.3) is 0 Å². The van der Waals surface area contributed by atoms with Gasteiger partial charge in [-0.15, -0.1) is 11.3 Å². The van der Waals surface area contributed by atoms with Gasteiger partial charge in [-0.3, -0.25) is 0 Å². The molecule has 7 heteroatoms. The molecule has 0 fully saturated rings. The molecular formula is C17H19BrFNO2S2. The van der Waals surface area contributed by atoms with Crippen molar-refractivity contribution in [3.05, 3.63) is 45.5 Å². The van der Waals surface area contributed by atoms with E-state index in [1.807, 2.05) is 32.9 Å². The van der Waals surface area contributed by atoms with E-state index in [4.69, 9.17) is 4.74 Å². The molecule has 1 amide bonds. The fourth-order valence-corrected chi connectivity index (χ4v) is 4.75. The standard InChI is InChI=1S/C17H19BrFNO2S2/c1-17(2,3)20(4)16(21)22-10-13-9-14(18)15(24-13)23-12-7-5-6-11(19)8-12/h5-9H,10H2,1-4H3. The molecule has 0 spiro atoms. The molecule has 2 rings (SSSR count). The third kappa shape index (κ3) is 5.22. The summed E-state index contributed by atoms with van der Waals surface area (Å²) in [5.74, 6) is -0.257. The molecule has 1 heterocycles. The maximum atomic E-state index is 13.3. The van der Waals surface area contributed by atoms with Crippen molar-refractivity contribution in [3.63, 3.8) is 0 Å². The van der Waals surface area contributed by atoms with Crippen LogP contribution in [0.1, 0.15) is 25.6 Å². The second kappa shape index (κ2) is 7.89. The Kier molecular flexibility index (Phi) is 6.33. The van der Waals surface area contributed by atoms with E-state index in [1.54, 1.807) is 18.0 Å². The van der Waals surface area contributed by atoms with E-state index >= 15 is 0 Å². The fraction of sp³-hybridized carbons (Fsp3) is 0.353. The predicted molar refractivity (Wildman–Crippen MR) is 100 cm³/mol. The number of halogens is 2. The van der Waals surface area contributed by atoms with Crippen LogP contribution in [0.5, 0.6) is 0 Å². The highest BCUT2D eigenvalue weighted by Gasteiger charge is 2.23. The number of ether oxygens (including phenoxy) is 1. The third-order valence-corrected chi connectivity index (χ3v) is 6.78. The number of hydrogen-bond acceptors (Lipinski definition) is 4. The van der Waals surface area contributed by atoms with Crippen LogP contribution in [0.4, 0.5) is 9.18 Å². The first kappa shape index (κ1) is 19.3. The number of thiophene rings is 1. The zero-order chi connectivity index (χ0) is 17.9. The molecule has 24 heavy (non-hydrogen) atoms. The minimum atomic E-state index is -0.355. The first-order valence-electron chi connectivity index (χ1n) is 7.29. The third-order valence-electron chi connectivity index (χ3n) is 3.33. The first-order valence-corrected chi connectivity index (χ1v) is 9.71. The van der Waals surface area contributed by atoms with Crippen LogP contribution < -0.4 is 0 Å². The van der Waals surface area contributed by atoms with Crippen LogP contribution in [0.3, 0.4) is 0 Å². The highest BCUT2D eigenvalue weighted by atomic mass is 79.9. The summed E-state index contributed by atoms with van der Waals surface area (Å²) in [4.78, 5) is 15.4. The van der Waals surface area contributed by atoms with Gasteiger partial charge in [-0.1, -0.05) is 17.8 Å². The second-order valence-corrected chi connectivity index (χ2v) is 9.53. The van der Waals surface area contributed by atoms with Crippen LogP contribution in [-0.2, 0) is 11.3 Å². The molecule has 2 aromatic rings. The SMILES string of the molecule is CN(C(=O)OCc1cc(Br)c(Sc2cccc(F)c2)s1)C(C)(C)C. The van der Waals surface area contributed by atoms with Crippen molar-refractivity contribution in [2.24, 2.45) is 0 Å². The van der Waals surface area contributed by atoms with Crippen LogP contribution in [0.15, 0.2) is 43.9 Å². The molecule has 1 aromatic heterocycles. The van der Waals surface area contributed by atoms with Crippen LogP contribution in [-0.4, -0.2) is 23.6 Å². The molecule has 0 aliphatic carbocycles. The number of hydrogen-bond donors (Lipinski definition) is 0. The summed E-state index contributed by atoms with van der Waals surface area (Å²) in [5.41, 5.74) is -0.286. The van der Waals surface area contributed by atoms with E-state index in [0.29, 0.717) is 0 Å². The van der Waals surface area contributed by atoms with Crippen LogP contribution in [0, 0.1) is 5.82 Å². The number of nitrogens with zero attached hydrogens (tertiary/aromatic N) is 1. The number of carbonyl (C=O) groups excluding carboxylic acids is 1. The van der Waals surface area contributed by atoms with Crippen molar-refractivity contribution in [1.29, 1.82) is 0 Å². The molecule has 130 valence electrons. The first-order chi connectivity index (χ1) is 11.2. The van der Waals surface area contributed by atoms with Crippen molar-refractivity contribution in [1.82, 2.24) is 4.90 Å². The molecule has 3 nitrogen and oxygen atoms in total. The van der Waals surface area contributed by atoms with E-state index in [2.05, 4.69) is 15.9 Å². The zero-order valence-corrected chi connectivity index (χ0v) is 17.1. The largest absolute Gasteiger partial charge is 0.444 e. The van der Waals surface area contributed by atoms with Gasteiger partial charge in [0, 0.05) is 26.8 Å². The Morgan fingerprint density at radius 3 is 2.71 bits per heavy atom. The molecule has 0 aliphatic rings. The summed E-state index contributed by atoms with van der Waals surface area (Å²) >= 11 is 6.50. The van der Waals surface area contributed by atoms with Gasteiger partial charge in [-0.25, -0.2) is 9.18 Å². The maximum Gasteiger partial charge on any atom is 0.410 e. The molecular weight excluding hydrogens is 413 g/mol. The Labute approximate surface area is 158 Å². The topological polar surface area (TPSA) is 29.5 Å². The molecule has 0 unspecified atom stereocenters. The van der Waals surface area contributed by atoms with Crippen LogP contribution >= 0.6 is 39.0 Å². The van der Waals surface area contributed by atoms with Gasteiger partial charge >= 0.3 is 6.09 Å². The number of rotatable bonds is 4. The predicted octanol–water partition coefficient (Wildman–Crippen LogP) is 6.17. The Bertz CT molecular complexity index is 728. The lowest BCUT2D eigenvalue weighted by atomic mass is 10.1. The number of carbonyl (C=O) groups is 1. The molecule has 0 N–H and O–H groups in total. The lowest BCUT2D eigenvalue weighted by molar-refractivity contribution is 0.0766. The molecule has 0 aliphatic heterocycles. The van der Waals surface area contributed by atoms with Crippen molar-refractivity contribution in [3.8, 4) is 0 Å². The Balaban J connectivity index is 2.00. The quantitative estimate of drug-likeness (QED) is 0.579. The van der Waals surface area contributed by atoms with Crippen molar-refractivity contribution in [2.75, 3.05) is 7.05 Å². The summed E-state index contributed by atoms with van der Waals surface area (Å²) in [5, 5.41) is 0. The van der Waals surface area contributed by atoms with Crippen molar-refractivity contribution in [2.45, 2.75) is 42.0 Å². The van der Waals surface area contributed by atoms with E-state index in [1.165, 1.54) is 35.2 Å². The van der Waals surface area contributed by atoms with E-state index < -0.39 is 0 Å². The second-order valence-electron chi connectivity index (χ2n) is 6.19. The lowest BCUT2D eigenvalue weighted by Crippen LogP contribution is -2.42. The summed E-state index contributed by atoms with van der Waals surface area (Å²) in [6.45, 7) is 6.06. The molecule has 0 saturated heterocycles. The maximum absolute atomic E-state index is 13.3. The smallest absolute Gasteiger partial charge is 0.410 e. The summed E-state index contributed by atoms with van der Waals surface area (Å²) < 4.78 is 20.5. The Morgan fingerprint density at radius 1 is 1.38 bits per heavy atom. The highest BCUT2D eigenvalue weighted by molar-refractivity contribution is 9.10. The van der Waals surface area contributed by atoms with Gasteiger partial charge in [0.25, 0.3) is 0 Å². The average Bonchev–Trinajstić information content (AvgIpc) is 2.83. The Hall–Kier alpha value is -1.05. The summed E-state index contributed by atoms with van der Waals surface area (Å²) in [7, 11) is 1.72. The van der Waals surface area contributed by atoms with Gasteiger partial charge < -0.3 is 9.64 Å². The molecule has 0 radical (unpaired) electrons. The molecule has 0 bridgehead atoms. The number of benzene rings is 1. The van der Waals surface area contributed by atoms with E-state index in [0.717, 1.165) is 18.5 Å². The van der Waals surface area contributed by atoms with E-state index in [-0.39, 0.29) is 24.1 Å². The van der Waals surface area contributed by atoms with Gasteiger partial charge in [0.05, 0.1) is 4.21 Å². The van der Waals surface area contributed by atoms with E-state index in [9.17, 15) is 9.18 Å². The minimum absolute atomic E-state index is 0.215. The van der Waals surface area contributed by atoms with Crippen LogP contribution in [0.2, 0.25) is 0 Å². The van der Waals surface area contributed by atoms with Gasteiger partial charge in [0.1, 0.15) is 12.4 Å². The lowest BCUT2D eigenvalue weighted by Gasteiger charge is -2.30. The van der Waals surface area contributed by atoms with Gasteiger partial charge in [-0.05, 0) is 61.0 Å². The molecule has 0 saturated carbocycles. The molecule has 1 aromatic carbocycles. The van der Waals surface area contributed by atoms with Gasteiger partial charge in [0.15, 0.2) is 0 Å². The number of amides is 1. The monoisotopic (exact) mass is 431 g/mol. The van der Waals surface area contributed by atoms with Crippen molar-refractivity contribution >= 4 is 45.1 Å². The zero-order valence-electron chi connectivity index (χ0n) is 13.9. The molecule has 0 atom stereocenters. The summed E-state index contributed by atoms with van der Waals surface area (Å²) in [6, 6.07) is 8.39. The fourth-order valence-electron chi connectivity index (χ4n) is 1.68. The minimum Gasteiger partial charge on any atom is -0.444 e. The average molecular weight is 432 g/mol.